The minimum absolute atomic E-state index is 0.105. The standard InChI is InChI=1S/C18H21NO5/c1-21-11-12-23-15-9-7-14(8-10-15)19-18(20)13-24-17-6-4-3-5-16(17)22-2/h3-10H,11-13H2,1-2H3,(H,19,20). The topological polar surface area (TPSA) is 66.0 Å². The maximum absolute atomic E-state index is 12.0. The van der Waals surface area contributed by atoms with Crippen molar-refractivity contribution in [1.82, 2.24) is 0 Å². The van der Waals surface area contributed by atoms with Crippen LogP contribution >= 0.6 is 0 Å². The van der Waals surface area contributed by atoms with Crippen molar-refractivity contribution in [3.05, 3.63) is 48.5 Å². The van der Waals surface area contributed by atoms with Crippen LogP contribution in [-0.4, -0.2) is 39.9 Å². The van der Waals surface area contributed by atoms with Gasteiger partial charge in [0.2, 0.25) is 0 Å². The predicted molar refractivity (Wildman–Crippen MR) is 90.9 cm³/mol. The third kappa shape index (κ3) is 5.48. The molecule has 0 spiro atoms. The van der Waals surface area contributed by atoms with Gasteiger partial charge in [-0.1, -0.05) is 12.1 Å². The van der Waals surface area contributed by atoms with Crippen molar-refractivity contribution in [3.63, 3.8) is 0 Å². The molecular formula is C18H21NO5. The van der Waals surface area contributed by atoms with Crippen LogP contribution < -0.4 is 19.5 Å². The van der Waals surface area contributed by atoms with E-state index in [-0.39, 0.29) is 12.5 Å². The number of anilines is 1. The van der Waals surface area contributed by atoms with E-state index in [0.29, 0.717) is 30.4 Å². The first-order valence-corrected chi connectivity index (χ1v) is 7.50. The summed E-state index contributed by atoms with van der Waals surface area (Å²) >= 11 is 0. The fourth-order valence-electron chi connectivity index (χ4n) is 1.96. The van der Waals surface area contributed by atoms with E-state index in [1.165, 1.54) is 0 Å². The molecular weight excluding hydrogens is 310 g/mol. The Hall–Kier alpha value is -2.73. The van der Waals surface area contributed by atoms with Gasteiger partial charge >= 0.3 is 0 Å². The Bertz CT molecular complexity index is 642. The zero-order valence-corrected chi connectivity index (χ0v) is 13.8. The molecule has 0 aliphatic heterocycles. The van der Waals surface area contributed by atoms with Gasteiger partial charge in [-0.2, -0.15) is 0 Å². The number of hydrogen-bond donors (Lipinski definition) is 1. The molecule has 1 N–H and O–H groups in total. The van der Waals surface area contributed by atoms with Crippen molar-refractivity contribution in [3.8, 4) is 17.2 Å². The third-order valence-electron chi connectivity index (χ3n) is 3.12. The van der Waals surface area contributed by atoms with Crippen molar-refractivity contribution in [2.45, 2.75) is 0 Å². The second-order valence-electron chi connectivity index (χ2n) is 4.85. The lowest BCUT2D eigenvalue weighted by Gasteiger charge is -2.11. The molecule has 0 saturated carbocycles. The molecule has 0 atom stereocenters. The molecule has 0 bridgehead atoms. The summed E-state index contributed by atoms with van der Waals surface area (Å²) in [5, 5.41) is 2.76. The molecule has 0 heterocycles. The molecule has 2 aromatic rings. The Morgan fingerprint density at radius 3 is 2.29 bits per heavy atom. The van der Waals surface area contributed by atoms with E-state index in [0.717, 1.165) is 5.75 Å². The van der Waals surface area contributed by atoms with Crippen LogP contribution in [0.2, 0.25) is 0 Å². The van der Waals surface area contributed by atoms with E-state index < -0.39 is 0 Å². The number of benzene rings is 2. The fraction of sp³-hybridized carbons (Fsp3) is 0.278. The zero-order chi connectivity index (χ0) is 17.2. The average Bonchev–Trinajstić information content (AvgIpc) is 2.62. The zero-order valence-electron chi connectivity index (χ0n) is 13.8. The number of methoxy groups -OCH3 is 2. The maximum atomic E-state index is 12.0. The van der Waals surface area contributed by atoms with Gasteiger partial charge in [-0.15, -0.1) is 0 Å². The molecule has 2 aromatic carbocycles. The highest BCUT2D eigenvalue weighted by atomic mass is 16.5. The molecule has 6 nitrogen and oxygen atoms in total. The monoisotopic (exact) mass is 331 g/mol. The van der Waals surface area contributed by atoms with Gasteiger partial charge in [0.05, 0.1) is 13.7 Å². The Balaban J connectivity index is 1.81. The maximum Gasteiger partial charge on any atom is 0.262 e. The molecule has 1 amide bonds. The number of carbonyl (C=O) groups is 1. The van der Waals surface area contributed by atoms with Gasteiger partial charge in [0.25, 0.3) is 5.91 Å². The van der Waals surface area contributed by atoms with Crippen molar-refractivity contribution in [2.75, 3.05) is 39.4 Å². The summed E-state index contributed by atoms with van der Waals surface area (Å²) in [6.07, 6.45) is 0. The third-order valence-corrected chi connectivity index (χ3v) is 3.12. The lowest BCUT2D eigenvalue weighted by atomic mass is 10.3. The van der Waals surface area contributed by atoms with Crippen LogP contribution in [0.25, 0.3) is 0 Å². The predicted octanol–water partition coefficient (Wildman–Crippen LogP) is 2.74. The van der Waals surface area contributed by atoms with Crippen LogP contribution in [0.1, 0.15) is 0 Å². The summed E-state index contributed by atoms with van der Waals surface area (Å²) in [7, 11) is 3.17. The van der Waals surface area contributed by atoms with Gasteiger partial charge in [0.1, 0.15) is 12.4 Å². The van der Waals surface area contributed by atoms with E-state index in [1.807, 2.05) is 12.1 Å². The number of amides is 1. The molecule has 2 rings (SSSR count). The molecule has 0 saturated heterocycles. The molecule has 0 radical (unpaired) electrons. The summed E-state index contributed by atoms with van der Waals surface area (Å²) in [5.74, 6) is 1.57. The number of hydrogen-bond acceptors (Lipinski definition) is 5. The first-order chi connectivity index (χ1) is 11.7. The van der Waals surface area contributed by atoms with Crippen LogP contribution in [0.3, 0.4) is 0 Å². The summed E-state index contributed by atoms with van der Waals surface area (Å²) in [6, 6.07) is 14.3. The molecule has 24 heavy (non-hydrogen) atoms. The molecule has 0 aromatic heterocycles. The Morgan fingerprint density at radius 1 is 0.917 bits per heavy atom. The van der Waals surface area contributed by atoms with Crippen molar-refractivity contribution in [1.29, 1.82) is 0 Å². The molecule has 128 valence electrons. The number of carbonyl (C=O) groups excluding carboxylic acids is 1. The Labute approximate surface area is 141 Å². The Kier molecular flexibility index (Phi) is 6.91. The average molecular weight is 331 g/mol. The van der Waals surface area contributed by atoms with Crippen LogP contribution in [0.4, 0.5) is 5.69 Å². The lowest BCUT2D eigenvalue weighted by molar-refractivity contribution is -0.118. The summed E-state index contributed by atoms with van der Waals surface area (Å²) in [5.41, 5.74) is 0.669. The molecule has 6 heteroatoms. The highest BCUT2D eigenvalue weighted by molar-refractivity contribution is 5.91. The molecule has 0 aliphatic rings. The fourth-order valence-corrected chi connectivity index (χ4v) is 1.96. The quantitative estimate of drug-likeness (QED) is 0.716. The van der Waals surface area contributed by atoms with E-state index in [9.17, 15) is 4.79 Å². The van der Waals surface area contributed by atoms with Crippen molar-refractivity contribution >= 4 is 11.6 Å². The van der Waals surface area contributed by atoms with Crippen LogP contribution in [-0.2, 0) is 9.53 Å². The van der Waals surface area contributed by atoms with Gasteiger partial charge in [-0.3, -0.25) is 4.79 Å². The number of para-hydroxylation sites is 2. The van der Waals surface area contributed by atoms with E-state index >= 15 is 0 Å². The molecule has 0 aliphatic carbocycles. The summed E-state index contributed by atoms with van der Waals surface area (Å²) < 4.78 is 21.0. The second-order valence-corrected chi connectivity index (χ2v) is 4.85. The number of rotatable bonds is 9. The highest BCUT2D eigenvalue weighted by Gasteiger charge is 2.07. The summed E-state index contributed by atoms with van der Waals surface area (Å²) in [6.45, 7) is 0.903. The normalized spacial score (nSPS) is 10.1. The van der Waals surface area contributed by atoms with Crippen LogP contribution in [0, 0.1) is 0 Å². The SMILES string of the molecule is COCCOc1ccc(NC(=O)COc2ccccc2OC)cc1. The second kappa shape index (κ2) is 9.42. The van der Waals surface area contributed by atoms with E-state index in [1.54, 1.807) is 50.6 Å². The minimum Gasteiger partial charge on any atom is -0.493 e. The van der Waals surface area contributed by atoms with Gasteiger partial charge < -0.3 is 24.3 Å². The van der Waals surface area contributed by atoms with Crippen LogP contribution in [0.15, 0.2) is 48.5 Å². The van der Waals surface area contributed by atoms with Crippen molar-refractivity contribution < 1.29 is 23.7 Å². The molecule has 0 unspecified atom stereocenters. The molecule has 0 fully saturated rings. The smallest absolute Gasteiger partial charge is 0.262 e. The van der Waals surface area contributed by atoms with Gasteiger partial charge in [-0.05, 0) is 36.4 Å². The van der Waals surface area contributed by atoms with Gasteiger partial charge in [0.15, 0.2) is 18.1 Å². The first kappa shape index (κ1) is 17.6. The van der Waals surface area contributed by atoms with E-state index in [2.05, 4.69) is 5.32 Å². The van der Waals surface area contributed by atoms with E-state index in [4.69, 9.17) is 18.9 Å². The first-order valence-electron chi connectivity index (χ1n) is 7.50. The Morgan fingerprint density at radius 2 is 1.62 bits per heavy atom. The lowest BCUT2D eigenvalue weighted by Crippen LogP contribution is -2.20. The minimum atomic E-state index is -0.256. The van der Waals surface area contributed by atoms with Gasteiger partial charge in [-0.25, -0.2) is 0 Å². The number of ether oxygens (including phenoxy) is 4. The number of nitrogens with one attached hydrogen (secondary N) is 1. The largest absolute Gasteiger partial charge is 0.493 e. The van der Waals surface area contributed by atoms with Crippen LogP contribution in [0.5, 0.6) is 17.2 Å². The van der Waals surface area contributed by atoms with Crippen molar-refractivity contribution in [2.24, 2.45) is 0 Å². The summed E-state index contributed by atoms with van der Waals surface area (Å²) in [4.78, 5) is 12.0. The van der Waals surface area contributed by atoms with Gasteiger partial charge in [0, 0.05) is 12.8 Å². The highest BCUT2D eigenvalue weighted by Crippen LogP contribution is 2.25.